The van der Waals surface area contributed by atoms with Gasteiger partial charge in [0.1, 0.15) is 12.4 Å². The van der Waals surface area contributed by atoms with E-state index in [-0.39, 0.29) is 11.7 Å². The molecule has 1 fully saturated rings. The van der Waals surface area contributed by atoms with E-state index in [0.29, 0.717) is 17.9 Å². The molecule has 0 spiro atoms. The van der Waals surface area contributed by atoms with Crippen molar-refractivity contribution in [3.8, 4) is 5.75 Å². The molecule has 1 aliphatic rings. The van der Waals surface area contributed by atoms with E-state index in [1.54, 1.807) is 48.5 Å². The summed E-state index contributed by atoms with van der Waals surface area (Å²) in [5.41, 5.74) is 5.11. The molecule has 0 radical (unpaired) electrons. The van der Waals surface area contributed by atoms with Crippen molar-refractivity contribution in [1.29, 1.82) is 0 Å². The Morgan fingerprint density at radius 2 is 1.70 bits per heavy atom. The number of esters is 1. The summed E-state index contributed by atoms with van der Waals surface area (Å²) < 4.78 is 16.9. The van der Waals surface area contributed by atoms with Gasteiger partial charge < -0.3 is 14.2 Å². The molecule has 0 aromatic heterocycles. The van der Waals surface area contributed by atoms with Gasteiger partial charge in [-0.3, -0.25) is 20.4 Å². The largest absolute Gasteiger partial charge is 0.491 e. The van der Waals surface area contributed by atoms with E-state index in [1.165, 1.54) is 0 Å². The second-order valence-corrected chi connectivity index (χ2v) is 7.47. The summed E-state index contributed by atoms with van der Waals surface area (Å²) in [5, 5.41) is 0. The van der Waals surface area contributed by atoms with Gasteiger partial charge in [0.2, 0.25) is 0 Å². The molecule has 30 heavy (non-hydrogen) atoms. The van der Waals surface area contributed by atoms with Crippen LogP contribution in [0.25, 0.3) is 0 Å². The summed E-state index contributed by atoms with van der Waals surface area (Å²) in [6.45, 7) is 0.701. The Hall–Kier alpha value is -2.91. The highest BCUT2D eigenvalue weighted by atomic mass is 79.9. The van der Waals surface area contributed by atoms with Gasteiger partial charge in [0.15, 0.2) is 6.61 Å². The lowest BCUT2D eigenvalue weighted by molar-refractivity contribution is -0.125. The zero-order valence-electron chi connectivity index (χ0n) is 16.1. The lowest BCUT2D eigenvalue weighted by Crippen LogP contribution is -2.43. The Morgan fingerprint density at radius 3 is 2.37 bits per heavy atom. The summed E-state index contributed by atoms with van der Waals surface area (Å²) in [6.07, 6.45) is 2.13. The number of carbonyl (C=O) groups excluding carboxylic acids is 3. The maximum Gasteiger partial charge on any atom is 0.338 e. The predicted molar refractivity (Wildman–Crippen MR) is 111 cm³/mol. The topological polar surface area (TPSA) is 103 Å². The number of ether oxygens (including phenoxy) is 3. The van der Waals surface area contributed by atoms with Gasteiger partial charge in [-0.15, -0.1) is 0 Å². The van der Waals surface area contributed by atoms with Gasteiger partial charge in [0.25, 0.3) is 11.8 Å². The first-order chi connectivity index (χ1) is 14.5. The molecule has 0 aliphatic carbocycles. The number of hydrogen-bond donors (Lipinski definition) is 2. The fraction of sp³-hybridized carbons (Fsp3) is 0.286. The highest BCUT2D eigenvalue weighted by Gasteiger charge is 2.16. The molecule has 0 bridgehead atoms. The van der Waals surface area contributed by atoms with E-state index in [0.717, 1.165) is 23.9 Å². The number of hydrazine groups is 1. The van der Waals surface area contributed by atoms with Gasteiger partial charge in [-0.2, -0.15) is 0 Å². The number of rotatable bonds is 7. The first-order valence-corrected chi connectivity index (χ1v) is 10.2. The Labute approximate surface area is 182 Å². The number of nitrogens with one attached hydrogen (secondary N) is 2. The molecule has 8 nitrogen and oxygen atoms in total. The van der Waals surface area contributed by atoms with Crippen LogP contribution < -0.4 is 15.6 Å². The van der Waals surface area contributed by atoms with Crippen LogP contribution in [0.3, 0.4) is 0 Å². The van der Waals surface area contributed by atoms with Crippen LogP contribution in [0.15, 0.2) is 53.0 Å². The Kier molecular flexibility index (Phi) is 7.81. The minimum Gasteiger partial charge on any atom is -0.491 e. The quantitative estimate of drug-likeness (QED) is 0.470. The highest BCUT2D eigenvalue weighted by Crippen LogP contribution is 2.17. The van der Waals surface area contributed by atoms with E-state index >= 15 is 0 Å². The second-order valence-electron chi connectivity index (χ2n) is 6.56. The van der Waals surface area contributed by atoms with Gasteiger partial charge in [0, 0.05) is 16.6 Å². The van der Waals surface area contributed by atoms with Crippen molar-refractivity contribution < 1.29 is 28.6 Å². The zero-order valence-corrected chi connectivity index (χ0v) is 17.6. The van der Waals surface area contributed by atoms with Gasteiger partial charge in [-0.1, -0.05) is 15.9 Å². The fourth-order valence-electron chi connectivity index (χ4n) is 2.70. The van der Waals surface area contributed by atoms with E-state index in [4.69, 9.17) is 14.2 Å². The fourth-order valence-corrected chi connectivity index (χ4v) is 2.97. The van der Waals surface area contributed by atoms with E-state index in [9.17, 15) is 14.4 Å². The maximum absolute atomic E-state index is 12.1. The minimum atomic E-state index is -0.662. The minimum absolute atomic E-state index is 0.109. The lowest BCUT2D eigenvalue weighted by Gasteiger charge is -2.11. The van der Waals surface area contributed by atoms with Crippen LogP contribution in [-0.2, 0) is 14.3 Å². The van der Waals surface area contributed by atoms with Crippen LogP contribution in [0.5, 0.6) is 5.75 Å². The average Bonchev–Trinajstić information content (AvgIpc) is 3.29. The summed E-state index contributed by atoms with van der Waals surface area (Å²) in [5.74, 6) is -1.18. The van der Waals surface area contributed by atoms with E-state index < -0.39 is 24.4 Å². The third-order valence-corrected chi connectivity index (χ3v) is 4.83. The van der Waals surface area contributed by atoms with Gasteiger partial charge >= 0.3 is 5.97 Å². The molecule has 1 atom stereocenters. The monoisotopic (exact) mass is 476 g/mol. The molecule has 1 unspecified atom stereocenters. The highest BCUT2D eigenvalue weighted by molar-refractivity contribution is 9.10. The SMILES string of the molecule is O=C(COC(=O)c1ccc(OCC2CCCO2)cc1)NNC(=O)c1ccc(Br)cc1. The Bertz CT molecular complexity index is 879. The summed E-state index contributed by atoms with van der Waals surface area (Å²) in [4.78, 5) is 35.8. The smallest absolute Gasteiger partial charge is 0.338 e. The third kappa shape index (κ3) is 6.57. The summed E-state index contributed by atoms with van der Waals surface area (Å²) >= 11 is 3.27. The number of carbonyl (C=O) groups is 3. The predicted octanol–water partition coefficient (Wildman–Crippen LogP) is 2.62. The van der Waals surface area contributed by atoms with Crippen molar-refractivity contribution in [2.75, 3.05) is 19.8 Å². The van der Waals surface area contributed by atoms with Crippen LogP contribution in [0.4, 0.5) is 0 Å². The molecule has 9 heteroatoms. The molecule has 2 aromatic rings. The molecule has 2 N–H and O–H groups in total. The zero-order chi connectivity index (χ0) is 21.3. The molecule has 1 heterocycles. The Morgan fingerprint density at radius 1 is 1.00 bits per heavy atom. The van der Waals surface area contributed by atoms with Crippen LogP contribution in [0, 0.1) is 0 Å². The van der Waals surface area contributed by atoms with Crippen LogP contribution in [0.1, 0.15) is 33.6 Å². The van der Waals surface area contributed by atoms with Crippen molar-refractivity contribution >= 4 is 33.7 Å². The summed E-state index contributed by atoms with van der Waals surface area (Å²) in [6, 6.07) is 13.0. The van der Waals surface area contributed by atoms with Gasteiger partial charge in [-0.25, -0.2) is 4.79 Å². The first-order valence-electron chi connectivity index (χ1n) is 9.37. The second kappa shape index (κ2) is 10.7. The summed E-state index contributed by atoms with van der Waals surface area (Å²) in [7, 11) is 0. The number of benzene rings is 2. The van der Waals surface area contributed by atoms with Crippen molar-refractivity contribution in [2.24, 2.45) is 0 Å². The van der Waals surface area contributed by atoms with E-state index in [2.05, 4.69) is 26.8 Å². The molecule has 2 aromatic carbocycles. The molecule has 2 amide bonds. The van der Waals surface area contributed by atoms with E-state index in [1.807, 2.05) is 0 Å². The van der Waals surface area contributed by atoms with Crippen molar-refractivity contribution in [3.63, 3.8) is 0 Å². The molecule has 0 saturated carbocycles. The van der Waals surface area contributed by atoms with Crippen LogP contribution in [0.2, 0.25) is 0 Å². The van der Waals surface area contributed by atoms with Gasteiger partial charge in [-0.05, 0) is 61.4 Å². The maximum atomic E-state index is 12.1. The number of hydrogen-bond acceptors (Lipinski definition) is 6. The molecular weight excluding hydrogens is 456 g/mol. The molecule has 1 saturated heterocycles. The van der Waals surface area contributed by atoms with Crippen molar-refractivity contribution in [2.45, 2.75) is 18.9 Å². The average molecular weight is 477 g/mol. The molecule has 158 valence electrons. The van der Waals surface area contributed by atoms with Gasteiger partial charge in [0.05, 0.1) is 11.7 Å². The Balaban J connectivity index is 1.38. The van der Waals surface area contributed by atoms with Crippen molar-refractivity contribution in [3.05, 3.63) is 64.1 Å². The number of halogens is 1. The lowest BCUT2D eigenvalue weighted by atomic mass is 10.2. The molecular formula is C21H21BrN2O6. The first kappa shape index (κ1) is 21.8. The van der Waals surface area contributed by atoms with Crippen LogP contribution in [-0.4, -0.2) is 43.7 Å². The molecule has 3 rings (SSSR count). The standard InChI is InChI=1S/C21H21BrN2O6/c22-16-7-3-14(4-8-16)20(26)24-23-19(25)13-30-21(27)15-5-9-17(10-6-15)29-12-18-2-1-11-28-18/h3-10,18H,1-2,11-13H2,(H,23,25)(H,24,26). The van der Waals surface area contributed by atoms with Crippen LogP contribution >= 0.6 is 15.9 Å². The number of amides is 2. The normalized spacial score (nSPS) is 15.3. The third-order valence-electron chi connectivity index (χ3n) is 4.31. The van der Waals surface area contributed by atoms with Crippen molar-refractivity contribution in [1.82, 2.24) is 10.9 Å². The molecule has 1 aliphatic heterocycles.